The number of hydrogen-bond donors (Lipinski definition) is 2. The molecule has 186 valence electrons. The van der Waals surface area contributed by atoms with Crippen LogP contribution in [0.2, 0.25) is 0 Å². The molecule has 0 radical (unpaired) electrons. The van der Waals surface area contributed by atoms with Gasteiger partial charge in [0.15, 0.2) is 11.7 Å². The lowest BCUT2D eigenvalue weighted by Gasteiger charge is -2.13. The smallest absolute Gasteiger partial charge is 0.346 e. The van der Waals surface area contributed by atoms with Crippen LogP contribution in [-0.2, 0) is 0 Å². The van der Waals surface area contributed by atoms with Crippen molar-refractivity contribution in [2.24, 2.45) is 5.73 Å². The summed E-state index contributed by atoms with van der Waals surface area (Å²) in [7, 11) is 0. The first kappa shape index (κ1) is 23.4. The van der Waals surface area contributed by atoms with E-state index in [4.69, 9.17) is 14.9 Å². The highest BCUT2D eigenvalue weighted by molar-refractivity contribution is 6.06. The van der Waals surface area contributed by atoms with E-state index < -0.39 is 12.1 Å². The summed E-state index contributed by atoms with van der Waals surface area (Å²) in [6, 6.07) is 33.4. The molecular weight excluding hydrogens is 478 g/mol. The monoisotopic (exact) mass is 501 g/mol. The van der Waals surface area contributed by atoms with Crippen LogP contribution in [0.1, 0.15) is 22.0 Å². The number of aromatic amines is 1. The summed E-state index contributed by atoms with van der Waals surface area (Å²) in [5.41, 5.74) is 10.7. The Balaban J connectivity index is 0.000000140. The lowest BCUT2D eigenvalue weighted by molar-refractivity contribution is 0.0794. The summed E-state index contributed by atoms with van der Waals surface area (Å²) < 4.78 is 11.5. The first-order chi connectivity index (χ1) is 18.6. The van der Waals surface area contributed by atoms with Crippen molar-refractivity contribution in [1.29, 1.82) is 0 Å². The number of benzene rings is 4. The van der Waals surface area contributed by atoms with Crippen LogP contribution in [0.15, 0.2) is 118 Å². The number of ether oxygens (including phenoxy) is 1. The molecule has 2 aromatic heterocycles. The Hall–Kier alpha value is -5.01. The Kier molecular flexibility index (Phi) is 6.03. The normalized spacial score (nSPS) is 15.9. The molecule has 0 amide bonds. The van der Waals surface area contributed by atoms with E-state index in [2.05, 4.69) is 9.97 Å². The van der Waals surface area contributed by atoms with E-state index in [1.54, 1.807) is 12.1 Å². The van der Waals surface area contributed by atoms with Crippen LogP contribution in [0, 0.1) is 0 Å². The predicted octanol–water partition coefficient (Wildman–Crippen LogP) is 5.67. The molecule has 3 heterocycles. The zero-order valence-electron chi connectivity index (χ0n) is 20.2. The average Bonchev–Trinajstić information content (AvgIpc) is 3.51. The minimum atomic E-state index is -0.621. The summed E-state index contributed by atoms with van der Waals surface area (Å²) in [4.78, 5) is 31.0. The molecule has 2 atom stereocenters. The standard InChI is InChI=1S/C16H10N2O2.C15H13NO2/c19-16-17-13(10-6-2-1-3-7-10)15-14(18-16)11-8-4-5-9-12(11)20-15;16-13-11-8-4-5-9-12(11)18-15(13)14(17)10-6-2-1-3-7-10/h1-9H,(H,17,18,19);1-9,13,15H,16H2. The van der Waals surface area contributed by atoms with Crippen molar-refractivity contribution >= 4 is 27.9 Å². The van der Waals surface area contributed by atoms with Gasteiger partial charge in [0, 0.05) is 22.1 Å². The number of carbonyl (C=O) groups excluding carboxylic acids is 1. The minimum absolute atomic E-state index is 0.0701. The molecule has 7 nitrogen and oxygen atoms in total. The number of H-pyrrole nitrogens is 1. The van der Waals surface area contributed by atoms with Crippen LogP contribution in [0.25, 0.3) is 33.3 Å². The second kappa shape index (κ2) is 9.80. The van der Waals surface area contributed by atoms with Gasteiger partial charge < -0.3 is 19.9 Å². The molecule has 0 fully saturated rings. The summed E-state index contributed by atoms with van der Waals surface area (Å²) >= 11 is 0. The first-order valence-electron chi connectivity index (χ1n) is 12.2. The van der Waals surface area contributed by atoms with Gasteiger partial charge in [0.1, 0.15) is 17.0 Å². The van der Waals surface area contributed by atoms with Gasteiger partial charge >= 0.3 is 5.69 Å². The number of rotatable bonds is 3. The second-order valence-corrected chi connectivity index (χ2v) is 8.89. The lowest BCUT2D eigenvalue weighted by Crippen LogP contribution is -2.33. The van der Waals surface area contributed by atoms with E-state index in [0.29, 0.717) is 28.1 Å². The third-order valence-corrected chi connectivity index (χ3v) is 6.48. The van der Waals surface area contributed by atoms with E-state index in [9.17, 15) is 9.59 Å². The molecule has 0 saturated heterocycles. The predicted molar refractivity (Wildman–Crippen MR) is 146 cm³/mol. The van der Waals surface area contributed by atoms with Crippen LogP contribution in [0.5, 0.6) is 5.75 Å². The molecule has 3 N–H and O–H groups in total. The number of para-hydroxylation sites is 2. The lowest BCUT2D eigenvalue weighted by atomic mass is 9.98. The molecule has 6 aromatic rings. The second-order valence-electron chi connectivity index (χ2n) is 8.89. The Morgan fingerprint density at radius 2 is 1.47 bits per heavy atom. The maximum absolute atomic E-state index is 12.3. The minimum Gasteiger partial charge on any atom is -0.480 e. The van der Waals surface area contributed by atoms with Crippen molar-refractivity contribution in [1.82, 2.24) is 9.97 Å². The summed E-state index contributed by atoms with van der Waals surface area (Å²) in [5, 5.41) is 0.888. The Morgan fingerprint density at radius 1 is 0.816 bits per heavy atom. The van der Waals surface area contributed by atoms with E-state index in [0.717, 1.165) is 22.1 Å². The van der Waals surface area contributed by atoms with Gasteiger partial charge in [-0.2, -0.15) is 4.98 Å². The zero-order valence-corrected chi connectivity index (χ0v) is 20.2. The van der Waals surface area contributed by atoms with Crippen molar-refractivity contribution in [3.63, 3.8) is 0 Å². The van der Waals surface area contributed by atoms with Crippen LogP contribution in [0.3, 0.4) is 0 Å². The van der Waals surface area contributed by atoms with Crippen LogP contribution in [0.4, 0.5) is 0 Å². The van der Waals surface area contributed by atoms with Gasteiger partial charge in [0.05, 0.1) is 11.6 Å². The number of furan rings is 1. The van der Waals surface area contributed by atoms with E-state index in [1.165, 1.54) is 0 Å². The van der Waals surface area contributed by atoms with Crippen molar-refractivity contribution in [3.05, 3.63) is 131 Å². The van der Waals surface area contributed by atoms with Crippen molar-refractivity contribution in [2.75, 3.05) is 0 Å². The SMILES string of the molecule is NC1c2ccccc2OC1C(=O)c1ccccc1.O=c1nc(-c2ccccc2)c2oc3ccccc3c2[nH]1. The van der Waals surface area contributed by atoms with E-state index >= 15 is 0 Å². The quantitative estimate of drug-likeness (QED) is 0.303. The molecule has 4 aromatic carbocycles. The van der Waals surface area contributed by atoms with Crippen LogP contribution >= 0.6 is 0 Å². The molecule has 0 spiro atoms. The van der Waals surface area contributed by atoms with Crippen molar-refractivity contribution < 1.29 is 13.9 Å². The number of aromatic nitrogens is 2. The average molecular weight is 502 g/mol. The number of nitrogens with one attached hydrogen (secondary N) is 1. The number of nitrogens with two attached hydrogens (primary N) is 1. The molecule has 0 bridgehead atoms. The molecule has 38 heavy (non-hydrogen) atoms. The summed E-state index contributed by atoms with van der Waals surface area (Å²) in [6.45, 7) is 0. The topological polar surface area (TPSA) is 111 Å². The van der Waals surface area contributed by atoms with Gasteiger partial charge in [-0.25, -0.2) is 4.79 Å². The molecule has 1 aliphatic heterocycles. The van der Waals surface area contributed by atoms with Gasteiger partial charge in [-0.3, -0.25) is 4.79 Å². The van der Waals surface area contributed by atoms with Gasteiger partial charge in [-0.15, -0.1) is 0 Å². The van der Waals surface area contributed by atoms with Crippen molar-refractivity contribution in [2.45, 2.75) is 12.1 Å². The molecule has 7 heteroatoms. The number of carbonyl (C=O) groups is 1. The highest BCUT2D eigenvalue weighted by Crippen LogP contribution is 2.36. The number of ketones is 1. The van der Waals surface area contributed by atoms with Gasteiger partial charge in [0.25, 0.3) is 0 Å². The Morgan fingerprint density at radius 3 is 2.24 bits per heavy atom. The maximum atomic E-state index is 12.3. The highest BCUT2D eigenvalue weighted by Gasteiger charge is 2.36. The highest BCUT2D eigenvalue weighted by atomic mass is 16.5. The Labute approximate surface area is 217 Å². The van der Waals surface area contributed by atoms with Crippen LogP contribution < -0.4 is 16.2 Å². The largest absolute Gasteiger partial charge is 0.480 e. The number of Topliss-reactive ketones (excluding diaryl/α,β-unsaturated/α-hetero) is 1. The fraction of sp³-hybridized carbons (Fsp3) is 0.0645. The van der Waals surface area contributed by atoms with E-state index in [1.807, 2.05) is 97.1 Å². The summed E-state index contributed by atoms with van der Waals surface area (Å²) in [5.74, 6) is 0.638. The molecule has 0 aliphatic carbocycles. The van der Waals surface area contributed by atoms with Gasteiger partial charge in [-0.05, 0) is 18.2 Å². The summed E-state index contributed by atoms with van der Waals surface area (Å²) in [6.07, 6.45) is -0.621. The number of hydrogen-bond acceptors (Lipinski definition) is 6. The third kappa shape index (κ3) is 4.25. The fourth-order valence-electron chi connectivity index (χ4n) is 4.63. The molecule has 2 unspecified atom stereocenters. The zero-order chi connectivity index (χ0) is 26.1. The molecule has 0 saturated carbocycles. The fourth-order valence-corrected chi connectivity index (χ4v) is 4.63. The van der Waals surface area contributed by atoms with Crippen molar-refractivity contribution in [3.8, 4) is 17.0 Å². The third-order valence-electron chi connectivity index (χ3n) is 6.48. The molecular formula is C31H23N3O4. The molecule has 1 aliphatic rings. The van der Waals surface area contributed by atoms with Gasteiger partial charge in [-0.1, -0.05) is 91.0 Å². The van der Waals surface area contributed by atoms with Gasteiger partial charge in [0.2, 0.25) is 5.78 Å². The first-order valence-corrected chi connectivity index (χ1v) is 12.2. The Bertz CT molecular complexity index is 1810. The number of nitrogens with zero attached hydrogens (tertiary/aromatic N) is 1. The number of fused-ring (bicyclic) bond motifs is 4. The van der Waals surface area contributed by atoms with Crippen LogP contribution in [-0.4, -0.2) is 21.9 Å². The van der Waals surface area contributed by atoms with E-state index in [-0.39, 0.29) is 11.5 Å². The maximum Gasteiger partial charge on any atom is 0.346 e. The molecule has 7 rings (SSSR count).